The summed E-state index contributed by atoms with van der Waals surface area (Å²) in [4.78, 5) is 11.0. The first kappa shape index (κ1) is 19.3. The lowest BCUT2D eigenvalue weighted by Gasteiger charge is -2.31. The smallest absolute Gasteiger partial charge is 0.179 e. The van der Waals surface area contributed by atoms with Crippen LogP contribution in [0.3, 0.4) is 0 Å². The van der Waals surface area contributed by atoms with E-state index in [1.54, 1.807) is 12.1 Å². The highest BCUT2D eigenvalue weighted by molar-refractivity contribution is 7.90. The van der Waals surface area contributed by atoms with Gasteiger partial charge in [-0.15, -0.1) is 0 Å². The minimum absolute atomic E-state index is 0.176. The molecule has 8 heteroatoms. The molecule has 142 valence electrons. The number of nitrogens with one attached hydrogen (secondary N) is 1. The first-order valence-corrected chi connectivity index (χ1v) is 11.1. The summed E-state index contributed by atoms with van der Waals surface area (Å²) in [6.07, 6.45) is 6.87. The van der Waals surface area contributed by atoms with E-state index in [2.05, 4.69) is 34.3 Å². The van der Waals surface area contributed by atoms with Crippen molar-refractivity contribution in [2.75, 3.05) is 32.2 Å². The molecule has 1 saturated carbocycles. The highest BCUT2D eigenvalue weighted by Crippen LogP contribution is 2.33. The summed E-state index contributed by atoms with van der Waals surface area (Å²) >= 11 is 6.05. The highest BCUT2D eigenvalue weighted by atomic mass is 35.5. The first-order chi connectivity index (χ1) is 12.2. The lowest BCUT2D eigenvalue weighted by Crippen LogP contribution is -2.31. The van der Waals surface area contributed by atoms with Crippen molar-refractivity contribution in [2.24, 2.45) is 5.92 Å². The topological polar surface area (TPSA) is 75.2 Å². The zero-order valence-corrected chi connectivity index (χ0v) is 16.9. The Hall–Kier alpha value is -1.44. The van der Waals surface area contributed by atoms with Crippen LogP contribution in [0.15, 0.2) is 23.2 Å². The van der Waals surface area contributed by atoms with Gasteiger partial charge in [0.2, 0.25) is 0 Å². The van der Waals surface area contributed by atoms with Gasteiger partial charge in [-0.25, -0.2) is 13.4 Å². The number of sulfone groups is 1. The Kier molecular flexibility index (Phi) is 5.69. The maximum Gasteiger partial charge on any atom is 0.179 e. The molecule has 0 radical (unpaired) electrons. The van der Waals surface area contributed by atoms with Gasteiger partial charge in [-0.1, -0.05) is 11.6 Å². The zero-order valence-electron chi connectivity index (χ0n) is 15.4. The van der Waals surface area contributed by atoms with E-state index in [4.69, 9.17) is 11.6 Å². The molecule has 2 aromatic heterocycles. The molecule has 1 fully saturated rings. The van der Waals surface area contributed by atoms with Crippen molar-refractivity contribution in [1.29, 1.82) is 0 Å². The Morgan fingerprint density at radius 1 is 1.23 bits per heavy atom. The van der Waals surface area contributed by atoms with Crippen molar-refractivity contribution in [3.63, 3.8) is 0 Å². The van der Waals surface area contributed by atoms with Crippen molar-refractivity contribution < 1.29 is 8.42 Å². The number of halogens is 1. The second kappa shape index (κ2) is 7.66. The molecule has 0 atom stereocenters. The van der Waals surface area contributed by atoms with Crippen LogP contribution < -0.4 is 5.32 Å². The van der Waals surface area contributed by atoms with Gasteiger partial charge in [0.25, 0.3) is 0 Å². The molecular weight excluding hydrogens is 372 g/mol. The molecule has 0 saturated heterocycles. The fourth-order valence-corrected chi connectivity index (χ4v) is 4.57. The van der Waals surface area contributed by atoms with Gasteiger partial charge in [-0.3, -0.25) is 4.98 Å². The minimum Gasteiger partial charge on any atom is -0.379 e. The SMILES string of the molecule is CN(C)C[C@H]1CC[C@H](Nc2c(S(C)(=O)=O)cnc3ccc(Cl)nc23)CC1. The van der Waals surface area contributed by atoms with Crippen LogP contribution >= 0.6 is 11.6 Å². The average Bonchev–Trinajstić information content (AvgIpc) is 2.55. The van der Waals surface area contributed by atoms with Crippen LogP contribution in [0.2, 0.25) is 5.15 Å². The molecule has 6 nitrogen and oxygen atoms in total. The van der Waals surface area contributed by atoms with Gasteiger partial charge in [-0.2, -0.15) is 0 Å². The predicted octanol–water partition coefficient (Wildman–Crippen LogP) is 3.22. The maximum atomic E-state index is 12.3. The van der Waals surface area contributed by atoms with Gasteiger partial charge in [0.15, 0.2) is 9.84 Å². The first-order valence-electron chi connectivity index (χ1n) is 8.80. The summed E-state index contributed by atoms with van der Waals surface area (Å²) < 4.78 is 24.5. The zero-order chi connectivity index (χ0) is 18.9. The summed E-state index contributed by atoms with van der Waals surface area (Å²) in [6, 6.07) is 3.64. The van der Waals surface area contributed by atoms with E-state index in [1.165, 1.54) is 12.5 Å². The molecular formula is C18H25ClN4O2S. The third kappa shape index (κ3) is 4.45. The lowest BCUT2D eigenvalue weighted by molar-refractivity contribution is 0.255. The van der Waals surface area contributed by atoms with Gasteiger partial charge in [0, 0.05) is 25.0 Å². The van der Waals surface area contributed by atoms with Gasteiger partial charge < -0.3 is 10.2 Å². The Balaban J connectivity index is 1.90. The van der Waals surface area contributed by atoms with E-state index in [9.17, 15) is 8.42 Å². The number of nitrogens with zero attached hydrogens (tertiary/aromatic N) is 3. The summed E-state index contributed by atoms with van der Waals surface area (Å²) in [5.41, 5.74) is 1.66. The molecule has 2 heterocycles. The molecule has 3 rings (SSSR count). The molecule has 1 N–H and O–H groups in total. The lowest BCUT2D eigenvalue weighted by atomic mass is 9.85. The summed E-state index contributed by atoms with van der Waals surface area (Å²) in [5.74, 6) is 0.694. The number of anilines is 1. The van der Waals surface area contributed by atoms with Gasteiger partial charge >= 0.3 is 0 Å². The van der Waals surface area contributed by atoms with Crippen LogP contribution in [-0.4, -0.2) is 56.2 Å². The van der Waals surface area contributed by atoms with Crippen molar-refractivity contribution in [3.05, 3.63) is 23.5 Å². The number of aromatic nitrogens is 2. The van der Waals surface area contributed by atoms with E-state index in [0.29, 0.717) is 27.8 Å². The summed E-state index contributed by atoms with van der Waals surface area (Å²) in [6.45, 7) is 1.09. The third-order valence-electron chi connectivity index (χ3n) is 4.86. The number of hydrogen-bond donors (Lipinski definition) is 1. The normalized spacial score (nSPS) is 21.3. The van der Waals surface area contributed by atoms with Crippen LogP contribution in [0.1, 0.15) is 25.7 Å². The van der Waals surface area contributed by atoms with Gasteiger partial charge in [0.1, 0.15) is 15.6 Å². The predicted molar refractivity (Wildman–Crippen MR) is 106 cm³/mol. The monoisotopic (exact) mass is 396 g/mol. The van der Waals surface area contributed by atoms with Crippen LogP contribution in [-0.2, 0) is 9.84 Å². The number of fused-ring (bicyclic) bond motifs is 1. The molecule has 26 heavy (non-hydrogen) atoms. The van der Waals surface area contributed by atoms with Crippen molar-refractivity contribution >= 4 is 38.2 Å². The van der Waals surface area contributed by atoms with Crippen LogP contribution in [0, 0.1) is 5.92 Å². The largest absolute Gasteiger partial charge is 0.379 e. The Labute approximate surface area is 159 Å². The molecule has 1 aliphatic carbocycles. The fraction of sp³-hybridized carbons (Fsp3) is 0.556. The van der Waals surface area contributed by atoms with Gasteiger partial charge in [-0.05, 0) is 57.8 Å². The minimum atomic E-state index is -3.43. The molecule has 0 aliphatic heterocycles. The molecule has 1 aliphatic rings. The summed E-state index contributed by atoms with van der Waals surface area (Å²) in [5, 5.41) is 3.77. The second-order valence-electron chi connectivity index (χ2n) is 7.40. The van der Waals surface area contributed by atoms with Crippen LogP contribution in [0.25, 0.3) is 11.0 Å². The number of hydrogen-bond acceptors (Lipinski definition) is 6. The van der Waals surface area contributed by atoms with Crippen LogP contribution in [0.5, 0.6) is 0 Å². The molecule has 0 unspecified atom stereocenters. The number of rotatable bonds is 5. The standard InChI is InChI=1S/C18H25ClN4O2S/c1-23(2)11-12-4-6-13(7-5-12)21-18-15(26(3,24)25)10-20-14-8-9-16(19)22-17(14)18/h8-10,12-13H,4-7,11H2,1-3H3,(H,20,21)/t12-,13-. The molecule has 0 aromatic carbocycles. The van der Waals surface area contributed by atoms with E-state index in [1.807, 2.05) is 0 Å². The Bertz CT molecular complexity index is 893. The van der Waals surface area contributed by atoms with Crippen LogP contribution in [0.4, 0.5) is 5.69 Å². The Morgan fingerprint density at radius 3 is 2.54 bits per heavy atom. The fourth-order valence-electron chi connectivity index (χ4n) is 3.66. The Morgan fingerprint density at radius 2 is 1.92 bits per heavy atom. The highest BCUT2D eigenvalue weighted by Gasteiger charge is 2.25. The molecule has 0 spiro atoms. The maximum absolute atomic E-state index is 12.3. The van der Waals surface area contributed by atoms with E-state index in [0.717, 1.165) is 32.2 Å². The average molecular weight is 397 g/mol. The van der Waals surface area contributed by atoms with Gasteiger partial charge in [0.05, 0.1) is 11.2 Å². The van der Waals surface area contributed by atoms with Crippen molar-refractivity contribution in [1.82, 2.24) is 14.9 Å². The van der Waals surface area contributed by atoms with E-state index >= 15 is 0 Å². The van der Waals surface area contributed by atoms with E-state index < -0.39 is 9.84 Å². The quantitative estimate of drug-likeness (QED) is 0.782. The third-order valence-corrected chi connectivity index (χ3v) is 6.18. The molecule has 0 amide bonds. The number of pyridine rings is 2. The molecule has 0 bridgehead atoms. The van der Waals surface area contributed by atoms with Crippen molar-refractivity contribution in [2.45, 2.75) is 36.6 Å². The van der Waals surface area contributed by atoms with Crippen molar-refractivity contribution in [3.8, 4) is 0 Å². The van der Waals surface area contributed by atoms with E-state index in [-0.39, 0.29) is 10.9 Å². The second-order valence-corrected chi connectivity index (χ2v) is 9.77. The summed E-state index contributed by atoms with van der Waals surface area (Å²) in [7, 11) is 0.767. The molecule has 2 aromatic rings.